The van der Waals surface area contributed by atoms with Crippen LogP contribution in [0.25, 0.3) is 0 Å². The van der Waals surface area contributed by atoms with Crippen molar-refractivity contribution < 1.29 is 9.53 Å². The lowest BCUT2D eigenvalue weighted by molar-refractivity contribution is -0.121. The molecule has 1 atom stereocenters. The fourth-order valence-electron chi connectivity index (χ4n) is 3.11. The second-order valence-corrected chi connectivity index (χ2v) is 5.21. The number of hydrogen-bond donors (Lipinski definition) is 2. The van der Waals surface area contributed by atoms with E-state index in [-0.39, 0.29) is 5.91 Å². The number of aryl methyl sites for hydroxylation is 1. The number of methoxy groups -OCH3 is 1. The van der Waals surface area contributed by atoms with Gasteiger partial charge >= 0.3 is 0 Å². The van der Waals surface area contributed by atoms with Crippen LogP contribution in [0, 0.1) is 6.92 Å². The van der Waals surface area contributed by atoms with E-state index in [0.717, 1.165) is 48.5 Å². The number of benzene rings is 1. The SMILES string of the molecule is COc1cc(C)cc2c1NC(=O)C21CCCNC1. The summed E-state index contributed by atoms with van der Waals surface area (Å²) in [7, 11) is 1.64. The highest BCUT2D eigenvalue weighted by atomic mass is 16.5. The van der Waals surface area contributed by atoms with Crippen LogP contribution in [-0.2, 0) is 10.2 Å². The molecular formula is C14H18N2O2. The molecule has 1 aromatic carbocycles. The zero-order valence-corrected chi connectivity index (χ0v) is 10.8. The molecule has 1 fully saturated rings. The fourth-order valence-corrected chi connectivity index (χ4v) is 3.11. The van der Waals surface area contributed by atoms with Gasteiger partial charge in [0.1, 0.15) is 5.75 Å². The summed E-state index contributed by atoms with van der Waals surface area (Å²) < 4.78 is 5.39. The van der Waals surface area contributed by atoms with Gasteiger partial charge in [-0.1, -0.05) is 6.07 Å². The number of nitrogens with one attached hydrogen (secondary N) is 2. The molecule has 2 heterocycles. The number of hydrogen-bond acceptors (Lipinski definition) is 3. The topological polar surface area (TPSA) is 50.4 Å². The Balaban J connectivity index is 2.17. The second kappa shape index (κ2) is 3.99. The van der Waals surface area contributed by atoms with E-state index < -0.39 is 5.41 Å². The summed E-state index contributed by atoms with van der Waals surface area (Å²) in [5.74, 6) is 0.870. The number of anilines is 1. The predicted octanol–water partition coefficient (Wildman–Crippen LogP) is 1.58. The minimum absolute atomic E-state index is 0.105. The van der Waals surface area contributed by atoms with Gasteiger partial charge in [0, 0.05) is 6.54 Å². The first-order valence-corrected chi connectivity index (χ1v) is 6.39. The Morgan fingerprint density at radius 2 is 2.22 bits per heavy atom. The molecule has 1 amide bonds. The van der Waals surface area contributed by atoms with Gasteiger partial charge in [0.2, 0.25) is 5.91 Å². The smallest absolute Gasteiger partial charge is 0.236 e. The summed E-state index contributed by atoms with van der Waals surface area (Å²) in [5.41, 5.74) is 2.69. The van der Waals surface area contributed by atoms with Crippen LogP contribution >= 0.6 is 0 Å². The van der Waals surface area contributed by atoms with E-state index in [1.807, 2.05) is 13.0 Å². The molecule has 96 valence electrons. The number of amides is 1. The van der Waals surface area contributed by atoms with Crippen molar-refractivity contribution in [1.29, 1.82) is 0 Å². The van der Waals surface area contributed by atoms with Crippen LogP contribution in [0.3, 0.4) is 0 Å². The number of ether oxygens (including phenoxy) is 1. The highest BCUT2D eigenvalue weighted by Crippen LogP contribution is 2.46. The van der Waals surface area contributed by atoms with E-state index in [4.69, 9.17) is 4.74 Å². The van der Waals surface area contributed by atoms with Gasteiger partial charge in [-0.15, -0.1) is 0 Å². The second-order valence-electron chi connectivity index (χ2n) is 5.21. The van der Waals surface area contributed by atoms with Gasteiger partial charge < -0.3 is 15.4 Å². The summed E-state index contributed by atoms with van der Waals surface area (Å²) in [5, 5.41) is 6.34. The summed E-state index contributed by atoms with van der Waals surface area (Å²) >= 11 is 0. The van der Waals surface area contributed by atoms with E-state index >= 15 is 0 Å². The quantitative estimate of drug-likeness (QED) is 0.791. The van der Waals surface area contributed by atoms with Crippen molar-refractivity contribution in [2.45, 2.75) is 25.2 Å². The van der Waals surface area contributed by atoms with Gasteiger partial charge in [0.05, 0.1) is 18.2 Å². The lowest BCUT2D eigenvalue weighted by Gasteiger charge is -2.32. The van der Waals surface area contributed by atoms with Crippen LogP contribution < -0.4 is 15.4 Å². The molecule has 0 saturated carbocycles. The number of fused-ring (bicyclic) bond motifs is 2. The summed E-state index contributed by atoms with van der Waals surface area (Å²) in [6, 6.07) is 4.08. The molecule has 2 aliphatic heterocycles. The molecule has 18 heavy (non-hydrogen) atoms. The normalized spacial score (nSPS) is 26.0. The summed E-state index contributed by atoms with van der Waals surface area (Å²) in [6.07, 6.45) is 1.94. The van der Waals surface area contributed by atoms with Crippen LogP contribution in [-0.4, -0.2) is 26.1 Å². The molecule has 1 saturated heterocycles. The highest BCUT2D eigenvalue weighted by molar-refractivity contribution is 6.08. The van der Waals surface area contributed by atoms with Crippen molar-refractivity contribution >= 4 is 11.6 Å². The van der Waals surface area contributed by atoms with Crippen LogP contribution in [0.1, 0.15) is 24.0 Å². The maximum atomic E-state index is 12.4. The van der Waals surface area contributed by atoms with Crippen molar-refractivity contribution in [3.8, 4) is 5.75 Å². The first-order chi connectivity index (χ1) is 8.67. The number of piperidine rings is 1. The Morgan fingerprint density at radius 1 is 1.39 bits per heavy atom. The van der Waals surface area contributed by atoms with E-state index in [9.17, 15) is 4.79 Å². The van der Waals surface area contributed by atoms with Gasteiger partial charge in [0.25, 0.3) is 0 Å². The number of rotatable bonds is 1. The van der Waals surface area contributed by atoms with Crippen LogP contribution in [0.2, 0.25) is 0 Å². The van der Waals surface area contributed by atoms with Gasteiger partial charge in [-0.05, 0) is 43.5 Å². The Hall–Kier alpha value is -1.55. The Morgan fingerprint density at radius 3 is 2.89 bits per heavy atom. The molecule has 4 nitrogen and oxygen atoms in total. The molecule has 4 heteroatoms. The van der Waals surface area contributed by atoms with E-state index in [2.05, 4.69) is 16.7 Å². The molecule has 3 rings (SSSR count). The highest BCUT2D eigenvalue weighted by Gasteiger charge is 2.48. The van der Waals surface area contributed by atoms with E-state index in [0.29, 0.717) is 0 Å². The predicted molar refractivity (Wildman–Crippen MR) is 70.1 cm³/mol. The molecule has 0 bridgehead atoms. The van der Waals surface area contributed by atoms with Gasteiger partial charge in [-0.3, -0.25) is 4.79 Å². The lowest BCUT2D eigenvalue weighted by Crippen LogP contribution is -2.47. The first-order valence-electron chi connectivity index (χ1n) is 6.39. The maximum absolute atomic E-state index is 12.4. The van der Waals surface area contributed by atoms with Crippen LogP contribution in [0.15, 0.2) is 12.1 Å². The monoisotopic (exact) mass is 246 g/mol. The standard InChI is InChI=1S/C14H18N2O2/c1-9-6-10-12(11(7-9)18-2)16-13(17)14(10)4-3-5-15-8-14/h6-7,15H,3-5,8H2,1-2H3,(H,16,17). The zero-order valence-electron chi connectivity index (χ0n) is 10.8. The summed E-state index contributed by atoms with van der Waals surface area (Å²) in [4.78, 5) is 12.4. The van der Waals surface area contributed by atoms with Gasteiger partial charge in [-0.2, -0.15) is 0 Å². The van der Waals surface area contributed by atoms with Crippen molar-refractivity contribution in [3.05, 3.63) is 23.3 Å². The molecule has 1 aromatic rings. The number of carbonyl (C=O) groups is 1. The Bertz CT molecular complexity index is 505. The Kier molecular flexibility index (Phi) is 2.55. The maximum Gasteiger partial charge on any atom is 0.236 e. The molecule has 2 N–H and O–H groups in total. The van der Waals surface area contributed by atoms with Gasteiger partial charge in [-0.25, -0.2) is 0 Å². The van der Waals surface area contributed by atoms with E-state index in [1.54, 1.807) is 7.11 Å². The fraction of sp³-hybridized carbons (Fsp3) is 0.500. The van der Waals surface area contributed by atoms with Crippen LogP contribution in [0.4, 0.5) is 5.69 Å². The largest absolute Gasteiger partial charge is 0.495 e. The first kappa shape index (κ1) is 11.5. The molecule has 2 aliphatic rings. The number of carbonyl (C=O) groups excluding carboxylic acids is 1. The third-order valence-electron chi connectivity index (χ3n) is 4.04. The summed E-state index contributed by atoms with van der Waals surface area (Å²) in [6.45, 7) is 3.75. The molecule has 0 radical (unpaired) electrons. The minimum atomic E-state index is -0.396. The van der Waals surface area contributed by atoms with Crippen molar-refractivity contribution in [2.24, 2.45) is 0 Å². The van der Waals surface area contributed by atoms with Crippen molar-refractivity contribution in [3.63, 3.8) is 0 Å². The van der Waals surface area contributed by atoms with Crippen LogP contribution in [0.5, 0.6) is 5.75 Å². The molecule has 1 unspecified atom stereocenters. The third kappa shape index (κ3) is 1.45. The Labute approximate surface area is 107 Å². The zero-order chi connectivity index (χ0) is 12.8. The average Bonchev–Trinajstić information content (AvgIpc) is 2.64. The molecule has 0 aliphatic carbocycles. The molecular weight excluding hydrogens is 228 g/mol. The van der Waals surface area contributed by atoms with Gasteiger partial charge in [0.15, 0.2) is 0 Å². The third-order valence-corrected chi connectivity index (χ3v) is 4.04. The van der Waals surface area contributed by atoms with Crippen molar-refractivity contribution in [1.82, 2.24) is 5.32 Å². The van der Waals surface area contributed by atoms with E-state index in [1.165, 1.54) is 0 Å². The molecule has 1 spiro atoms. The minimum Gasteiger partial charge on any atom is -0.495 e. The molecule has 0 aromatic heterocycles. The van der Waals surface area contributed by atoms with Crippen molar-refractivity contribution in [2.75, 3.05) is 25.5 Å². The average molecular weight is 246 g/mol. The lowest BCUT2D eigenvalue weighted by atomic mass is 9.75.